The van der Waals surface area contributed by atoms with E-state index in [4.69, 9.17) is 21.1 Å². The molecule has 0 fully saturated rings. The van der Waals surface area contributed by atoms with Crippen LogP contribution in [0.25, 0.3) is 11.0 Å². The molecule has 0 bridgehead atoms. The van der Waals surface area contributed by atoms with E-state index in [1.54, 1.807) is 33.0 Å². The Bertz CT molecular complexity index is 629. The largest absolute Gasteiger partial charge is 0.494 e. The zero-order valence-electron chi connectivity index (χ0n) is 11.2. The van der Waals surface area contributed by atoms with Crippen LogP contribution in [0.1, 0.15) is 20.8 Å². The van der Waals surface area contributed by atoms with Gasteiger partial charge in [-0.05, 0) is 26.8 Å². The molecule has 0 spiro atoms. The molecule has 0 aliphatic heterocycles. The van der Waals surface area contributed by atoms with E-state index in [2.05, 4.69) is 4.98 Å². The van der Waals surface area contributed by atoms with Crippen molar-refractivity contribution in [1.82, 2.24) is 9.55 Å². The molecule has 0 unspecified atom stereocenters. The SMILES string of the molecule is COc1cnc2c(ccn2C(=O)OC(C)(C)C)c1Cl. The van der Waals surface area contributed by atoms with Gasteiger partial charge in [0.15, 0.2) is 11.4 Å². The Labute approximate surface area is 116 Å². The summed E-state index contributed by atoms with van der Waals surface area (Å²) < 4.78 is 11.7. The van der Waals surface area contributed by atoms with Gasteiger partial charge in [0, 0.05) is 11.6 Å². The Morgan fingerprint density at radius 2 is 2.11 bits per heavy atom. The first-order valence-electron chi connectivity index (χ1n) is 5.76. The van der Waals surface area contributed by atoms with Gasteiger partial charge in [0.05, 0.1) is 18.3 Å². The zero-order chi connectivity index (χ0) is 14.2. The van der Waals surface area contributed by atoms with Crippen LogP contribution in [-0.4, -0.2) is 28.4 Å². The summed E-state index contributed by atoms with van der Waals surface area (Å²) in [5.74, 6) is 0.469. The maximum absolute atomic E-state index is 12.0. The fraction of sp³-hybridized carbons (Fsp3) is 0.385. The molecule has 0 atom stereocenters. The first-order valence-corrected chi connectivity index (χ1v) is 6.14. The molecule has 0 saturated carbocycles. The minimum absolute atomic E-state index is 0.426. The van der Waals surface area contributed by atoms with Gasteiger partial charge in [0.1, 0.15) is 5.60 Å². The highest BCUT2D eigenvalue weighted by Gasteiger charge is 2.20. The maximum Gasteiger partial charge on any atom is 0.420 e. The molecular formula is C13H15ClN2O3. The second-order valence-electron chi connectivity index (χ2n) is 5.04. The Hall–Kier alpha value is -1.75. The molecule has 2 heterocycles. The monoisotopic (exact) mass is 282 g/mol. The summed E-state index contributed by atoms with van der Waals surface area (Å²) in [6.45, 7) is 5.42. The predicted molar refractivity (Wildman–Crippen MR) is 72.9 cm³/mol. The summed E-state index contributed by atoms with van der Waals surface area (Å²) in [6, 6.07) is 1.71. The van der Waals surface area contributed by atoms with E-state index in [1.165, 1.54) is 17.9 Å². The van der Waals surface area contributed by atoms with Crippen molar-refractivity contribution in [2.75, 3.05) is 7.11 Å². The van der Waals surface area contributed by atoms with E-state index in [0.29, 0.717) is 21.8 Å². The summed E-state index contributed by atoms with van der Waals surface area (Å²) in [7, 11) is 1.51. The van der Waals surface area contributed by atoms with Gasteiger partial charge in [0.2, 0.25) is 0 Å². The highest BCUT2D eigenvalue weighted by atomic mass is 35.5. The number of methoxy groups -OCH3 is 1. The summed E-state index contributed by atoms with van der Waals surface area (Å²) in [6.07, 6.45) is 2.57. The van der Waals surface area contributed by atoms with Crippen molar-refractivity contribution in [3.63, 3.8) is 0 Å². The van der Waals surface area contributed by atoms with Gasteiger partial charge in [-0.15, -0.1) is 0 Å². The summed E-state index contributed by atoms with van der Waals surface area (Å²) in [5, 5.41) is 1.07. The number of rotatable bonds is 1. The van der Waals surface area contributed by atoms with Crippen molar-refractivity contribution in [1.29, 1.82) is 0 Å². The topological polar surface area (TPSA) is 53.4 Å². The molecule has 0 radical (unpaired) electrons. The van der Waals surface area contributed by atoms with Crippen LogP contribution in [0.4, 0.5) is 4.79 Å². The maximum atomic E-state index is 12.0. The molecule has 0 N–H and O–H groups in total. The van der Waals surface area contributed by atoms with Crippen LogP contribution in [-0.2, 0) is 4.74 Å². The minimum Gasteiger partial charge on any atom is -0.494 e. The number of fused-ring (bicyclic) bond motifs is 1. The van der Waals surface area contributed by atoms with E-state index < -0.39 is 11.7 Å². The number of hydrogen-bond acceptors (Lipinski definition) is 4. The van der Waals surface area contributed by atoms with Crippen molar-refractivity contribution in [3.05, 3.63) is 23.5 Å². The van der Waals surface area contributed by atoms with Gasteiger partial charge in [-0.25, -0.2) is 14.3 Å². The van der Waals surface area contributed by atoms with Crippen LogP contribution in [0.5, 0.6) is 5.75 Å². The molecule has 6 heteroatoms. The Kier molecular flexibility index (Phi) is 3.41. The summed E-state index contributed by atoms with van der Waals surface area (Å²) in [5.41, 5.74) is -0.121. The van der Waals surface area contributed by atoms with Crippen LogP contribution in [0.15, 0.2) is 18.5 Å². The van der Waals surface area contributed by atoms with Crippen LogP contribution in [0.2, 0.25) is 5.02 Å². The van der Waals surface area contributed by atoms with Crippen LogP contribution in [0, 0.1) is 0 Å². The standard InChI is InChI=1S/C13H15ClN2O3/c1-13(2,3)19-12(17)16-6-5-8-10(14)9(18-4)7-15-11(8)16/h5-7H,1-4H3. The van der Waals surface area contributed by atoms with E-state index in [1.807, 2.05) is 0 Å². The average molecular weight is 283 g/mol. The first-order chi connectivity index (χ1) is 8.83. The highest BCUT2D eigenvalue weighted by Crippen LogP contribution is 2.31. The molecule has 2 aromatic heterocycles. The van der Waals surface area contributed by atoms with Crippen molar-refractivity contribution in [3.8, 4) is 5.75 Å². The van der Waals surface area contributed by atoms with Crippen molar-refractivity contribution >= 4 is 28.7 Å². The second-order valence-corrected chi connectivity index (χ2v) is 5.42. The Balaban J connectivity index is 2.47. The van der Waals surface area contributed by atoms with Gasteiger partial charge >= 0.3 is 6.09 Å². The fourth-order valence-electron chi connectivity index (χ4n) is 1.64. The van der Waals surface area contributed by atoms with E-state index >= 15 is 0 Å². The molecule has 2 aromatic rings. The predicted octanol–water partition coefficient (Wildman–Crippen LogP) is 3.48. The molecule has 0 aromatic carbocycles. The lowest BCUT2D eigenvalue weighted by atomic mass is 10.2. The van der Waals surface area contributed by atoms with Gasteiger partial charge in [-0.1, -0.05) is 11.6 Å². The second kappa shape index (κ2) is 4.74. The molecule has 0 amide bonds. The van der Waals surface area contributed by atoms with Gasteiger partial charge < -0.3 is 9.47 Å². The molecule has 5 nitrogen and oxygen atoms in total. The van der Waals surface area contributed by atoms with E-state index in [-0.39, 0.29) is 0 Å². The third-order valence-corrected chi connectivity index (χ3v) is 2.82. The average Bonchev–Trinajstić information content (AvgIpc) is 2.72. The normalized spacial score (nSPS) is 11.6. The number of aromatic nitrogens is 2. The van der Waals surface area contributed by atoms with Gasteiger partial charge in [-0.3, -0.25) is 0 Å². The summed E-state index contributed by atoms with van der Waals surface area (Å²) >= 11 is 6.16. The van der Waals surface area contributed by atoms with Gasteiger partial charge in [-0.2, -0.15) is 0 Å². The highest BCUT2D eigenvalue weighted by molar-refractivity contribution is 6.36. The molecular weight excluding hydrogens is 268 g/mol. The number of ether oxygens (including phenoxy) is 2. The van der Waals surface area contributed by atoms with Crippen LogP contribution < -0.4 is 4.74 Å². The summed E-state index contributed by atoms with van der Waals surface area (Å²) in [4.78, 5) is 16.2. The fourth-order valence-corrected chi connectivity index (χ4v) is 1.91. The quantitative estimate of drug-likeness (QED) is 0.803. The number of hydrogen-bond donors (Lipinski definition) is 0. The number of carbonyl (C=O) groups is 1. The minimum atomic E-state index is -0.566. The first kappa shape index (κ1) is 13.7. The Morgan fingerprint density at radius 3 is 2.68 bits per heavy atom. The Morgan fingerprint density at radius 1 is 1.42 bits per heavy atom. The smallest absolute Gasteiger partial charge is 0.420 e. The number of pyridine rings is 1. The number of nitrogens with zero attached hydrogens (tertiary/aromatic N) is 2. The van der Waals surface area contributed by atoms with E-state index in [0.717, 1.165) is 0 Å². The van der Waals surface area contributed by atoms with Crippen molar-refractivity contribution < 1.29 is 14.3 Å². The molecule has 0 aliphatic rings. The van der Waals surface area contributed by atoms with Crippen LogP contribution >= 0.6 is 11.6 Å². The molecule has 19 heavy (non-hydrogen) atoms. The zero-order valence-corrected chi connectivity index (χ0v) is 12.0. The lowest BCUT2D eigenvalue weighted by Gasteiger charge is -2.19. The van der Waals surface area contributed by atoms with Gasteiger partial charge in [0.25, 0.3) is 0 Å². The number of halogens is 1. The molecule has 0 aliphatic carbocycles. The third kappa shape index (κ3) is 2.66. The van der Waals surface area contributed by atoms with Crippen molar-refractivity contribution in [2.45, 2.75) is 26.4 Å². The van der Waals surface area contributed by atoms with E-state index in [9.17, 15) is 4.79 Å². The van der Waals surface area contributed by atoms with Crippen molar-refractivity contribution in [2.24, 2.45) is 0 Å². The third-order valence-electron chi connectivity index (χ3n) is 2.43. The lowest BCUT2D eigenvalue weighted by molar-refractivity contribution is 0.0543. The van der Waals surface area contributed by atoms with Crippen LogP contribution in [0.3, 0.4) is 0 Å². The molecule has 0 saturated heterocycles. The lowest BCUT2D eigenvalue weighted by Crippen LogP contribution is -2.26. The molecule has 2 rings (SSSR count). The number of carbonyl (C=O) groups excluding carboxylic acids is 1. The molecule has 102 valence electrons.